The molecule has 1 aromatic carbocycles. The van der Waals surface area contributed by atoms with Crippen molar-refractivity contribution in [2.75, 3.05) is 5.32 Å². The number of halogens is 1. The zero-order valence-corrected chi connectivity index (χ0v) is 17.9. The molecule has 2 heterocycles. The summed E-state index contributed by atoms with van der Waals surface area (Å²) in [5, 5.41) is 23.1. The lowest BCUT2D eigenvalue weighted by molar-refractivity contribution is 0.134. The van der Waals surface area contributed by atoms with E-state index in [1.54, 1.807) is 19.3 Å². The van der Waals surface area contributed by atoms with E-state index < -0.39 is 5.60 Å². The molecule has 6 heteroatoms. The van der Waals surface area contributed by atoms with Crippen LogP contribution in [0.5, 0.6) is 0 Å². The Morgan fingerprint density at radius 3 is 2.75 bits per heavy atom. The summed E-state index contributed by atoms with van der Waals surface area (Å²) in [6, 6.07) is 6.24. The third-order valence-corrected chi connectivity index (χ3v) is 5.01. The number of allylic oxidation sites excluding steroid dienone is 1. The van der Waals surface area contributed by atoms with E-state index in [1.165, 1.54) is 0 Å². The summed E-state index contributed by atoms with van der Waals surface area (Å²) in [5.41, 5.74) is 2.30. The number of rotatable bonds is 4. The van der Waals surface area contributed by atoms with Gasteiger partial charge in [0.15, 0.2) is 5.84 Å². The second kappa shape index (κ2) is 9.30. The van der Waals surface area contributed by atoms with Crippen molar-refractivity contribution in [2.45, 2.75) is 59.1 Å². The molecule has 1 aliphatic heterocycles. The molecule has 0 radical (unpaired) electrons. The van der Waals surface area contributed by atoms with E-state index in [4.69, 9.17) is 17.0 Å². The second-order valence-electron chi connectivity index (χ2n) is 6.91. The molecule has 2 unspecified atom stereocenters. The Labute approximate surface area is 172 Å². The van der Waals surface area contributed by atoms with Crippen molar-refractivity contribution in [1.29, 1.82) is 5.41 Å². The molecule has 1 aliphatic rings. The number of fused-ring (bicyclic) bond motifs is 1. The van der Waals surface area contributed by atoms with Crippen LogP contribution >= 0.6 is 11.6 Å². The Morgan fingerprint density at radius 1 is 1.36 bits per heavy atom. The molecule has 0 saturated carbocycles. The molecule has 0 amide bonds. The van der Waals surface area contributed by atoms with Crippen LogP contribution in [0.1, 0.15) is 53.0 Å². The predicted octanol–water partition coefficient (Wildman–Crippen LogP) is 5.71. The van der Waals surface area contributed by atoms with E-state index in [2.05, 4.69) is 29.1 Å². The van der Waals surface area contributed by atoms with Crippen LogP contribution in [0, 0.1) is 5.41 Å². The summed E-state index contributed by atoms with van der Waals surface area (Å²) in [6.45, 7) is 9.83. The lowest BCUT2D eigenvalue weighted by Crippen LogP contribution is -2.31. The van der Waals surface area contributed by atoms with Gasteiger partial charge in [0.05, 0.1) is 16.2 Å². The lowest BCUT2D eigenvalue weighted by Gasteiger charge is -2.18. The van der Waals surface area contributed by atoms with Crippen molar-refractivity contribution in [1.82, 2.24) is 4.98 Å². The van der Waals surface area contributed by atoms with E-state index in [0.29, 0.717) is 11.4 Å². The minimum Gasteiger partial charge on any atom is -0.382 e. The van der Waals surface area contributed by atoms with Gasteiger partial charge < -0.3 is 10.4 Å². The van der Waals surface area contributed by atoms with Gasteiger partial charge in [0.1, 0.15) is 5.60 Å². The lowest BCUT2D eigenvalue weighted by atomic mass is 9.98. The van der Waals surface area contributed by atoms with Gasteiger partial charge in [0.2, 0.25) is 0 Å². The van der Waals surface area contributed by atoms with Gasteiger partial charge in [-0.25, -0.2) is 4.99 Å². The number of aromatic nitrogens is 1. The fourth-order valence-electron chi connectivity index (χ4n) is 2.77. The molecular weight excluding hydrogens is 372 g/mol. The highest BCUT2D eigenvalue weighted by atomic mass is 35.5. The van der Waals surface area contributed by atoms with Gasteiger partial charge >= 0.3 is 0 Å². The number of aliphatic imine (C=N–C) groups is 1. The summed E-state index contributed by atoms with van der Waals surface area (Å²) in [5.74, 6) is -0.0339. The maximum absolute atomic E-state index is 10.2. The smallest absolute Gasteiger partial charge is 0.152 e. The fourth-order valence-corrected chi connectivity index (χ4v) is 2.97. The van der Waals surface area contributed by atoms with E-state index in [-0.39, 0.29) is 11.9 Å². The first kappa shape index (κ1) is 22.1. The molecule has 0 fully saturated rings. The van der Waals surface area contributed by atoms with Crippen molar-refractivity contribution in [3.05, 3.63) is 41.1 Å². The minimum absolute atomic E-state index is 0.0339. The number of nitrogens with zero attached hydrogens (tertiary/aromatic N) is 2. The monoisotopic (exact) mass is 400 g/mol. The van der Waals surface area contributed by atoms with Crippen molar-refractivity contribution in [2.24, 2.45) is 4.99 Å². The third kappa shape index (κ3) is 4.78. The van der Waals surface area contributed by atoms with E-state index in [0.717, 1.165) is 34.1 Å². The second-order valence-corrected chi connectivity index (χ2v) is 7.32. The molecule has 3 N–H and O–H groups in total. The molecule has 28 heavy (non-hydrogen) atoms. The Morgan fingerprint density at radius 2 is 2.07 bits per heavy atom. The normalized spacial score (nSPS) is 20.1. The van der Waals surface area contributed by atoms with Crippen LogP contribution in [-0.2, 0) is 0 Å². The van der Waals surface area contributed by atoms with Crippen LogP contribution in [0.25, 0.3) is 16.5 Å². The topological polar surface area (TPSA) is 81.4 Å². The minimum atomic E-state index is -1.25. The molecule has 150 valence electrons. The predicted molar refractivity (Wildman–Crippen MR) is 121 cm³/mol. The SMILES string of the molecule is CC.CCC(C)Nc1c(Cl)cnc2ccc(C3=CCC(C)(O)C(=N)N=C3)cc12. The van der Waals surface area contributed by atoms with Crippen molar-refractivity contribution in [3.63, 3.8) is 0 Å². The number of nitrogens with one attached hydrogen (secondary N) is 2. The fraction of sp³-hybridized carbons (Fsp3) is 0.409. The van der Waals surface area contributed by atoms with Crippen LogP contribution in [0.3, 0.4) is 0 Å². The number of benzene rings is 1. The van der Waals surface area contributed by atoms with Gasteiger partial charge in [-0.05, 0) is 43.5 Å². The Kier molecular flexibility index (Phi) is 7.33. The van der Waals surface area contributed by atoms with Crippen LogP contribution in [-0.4, -0.2) is 33.8 Å². The molecule has 5 nitrogen and oxygen atoms in total. The molecule has 3 rings (SSSR count). The standard InChI is InChI=1S/C20H23ClN4O.C2H6/c1-4-12(2)25-18-15-9-13(5-6-17(15)23-11-16(18)21)14-7-8-20(3,26)19(22)24-10-14;1-2/h5-7,9-12,22,26H,4,8H2,1-3H3,(H,23,25);1-2H3. The summed E-state index contributed by atoms with van der Waals surface area (Å²) in [6.07, 6.45) is 6.52. The van der Waals surface area contributed by atoms with Gasteiger partial charge in [-0.3, -0.25) is 10.4 Å². The molecule has 2 aromatic rings. The summed E-state index contributed by atoms with van der Waals surface area (Å²) >= 11 is 6.40. The van der Waals surface area contributed by atoms with Crippen molar-refractivity contribution >= 4 is 45.8 Å². The number of pyridine rings is 1. The van der Waals surface area contributed by atoms with Crippen molar-refractivity contribution < 1.29 is 5.11 Å². The molecule has 0 saturated heterocycles. The van der Waals surface area contributed by atoms with Crippen LogP contribution in [0.2, 0.25) is 5.02 Å². The van der Waals surface area contributed by atoms with Crippen LogP contribution < -0.4 is 5.32 Å². The van der Waals surface area contributed by atoms with E-state index >= 15 is 0 Å². The number of hydrogen-bond donors (Lipinski definition) is 3. The van der Waals surface area contributed by atoms with Gasteiger partial charge in [-0.15, -0.1) is 0 Å². The molecule has 2 atom stereocenters. The molecular formula is C22H29ClN4O. The number of anilines is 1. The average Bonchev–Trinajstić information content (AvgIpc) is 2.83. The Hall–Kier alpha value is -2.24. The summed E-state index contributed by atoms with van der Waals surface area (Å²) in [4.78, 5) is 8.51. The molecule has 0 bridgehead atoms. The van der Waals surface area contributed by atoms with Gasteiger partial charge in [0, 0.05) is 30.3 Å². The van der Waals surface area contributed by atoms with Crippen LogP contribution in [0.4, 0.5) is 5.69 Å². The number of aliphatic hydroxyl groups is 1. The quantitative estimate of drug-likeness (QED) is 0.614. The Bertz CT molecular complexity index is 918. The highest BCUT2D eigenvalue weighted by Crippen LogP contribution is 2.33. The number of hydrogen-bond acceptors (Lipinski definition) is 4. The third-order valence-electron chi connectivity index (χ3n) is 4.72. The maximum atomic E-state index is 10.2. The highest BCUT2D eigenvalue weighted by molar-refractivity contribution is 6.34. The molecule has 0 spiro atoms. The first-order chi connectivity index (χ1) is 13.3. The zero-order valence-electron chi connectivity index (χ0n) is 17.2. The van der Waals surface area contributed by atoms with Gasteiger partial charge in [-0.1, -0.05) is 44.5 Å². The van der Waals surface area contributed by atoms with Gasteiger partial charge in [0.25, 0.3) is 0 Å². The van der Waals surface area contributed by atoms with Gasteiger partial charge in [-0.2, -0.15) is 0 Å². The maximum Gasteiger partial charge on any atom is 0.152 e. The first-order valence-corrected chi connectivity index (χ1v) is 10.1. The summed E-state index contributed by atoms with van der Waals surface area (Å²) < 4.78 is 0. The van der Waals surface area contributed by atoms with Crippen molar-refractivity contribution in [3.8, 4) is 0 Å². The van der Waals surface area contributed by atoms with E-state index in [1.807, 2.05) is 38.1 Å². The molecule has 1 aromatic heterocycles. The highest BCUT2D eigenvalue weighted by Gasteiger charge is 2.26. The Balaban J connectivity index is 0.00000136. The zero-order chi connectivity index (χ0) is 20.9. The summed E-state index contributed by atoms with van der Waals surface area (Å²) in [7, 11) is 0. The van der Waals surface area contributed by atoms with E-state index in [9.17, 15) is 5.11 Å². The number of amidine groups is 1. The molecule has 0 aliphatic carbocycles. The van der Waals surface area contributed by atoms with Crippen LogP contribution in [0.15, 0.2) is 35.5 Å². The largest absolute Gasteiger partial charge is 0.382 e. The first-order valence-electron chi connectivity index (χ1n) is 9.72. The average molecular weight is 401 g/mol.